The first-order valence-corrected chi connectivity index (χ1v) is 7.16. The molecule has 3 rings (SSSR count). The van der Waals surface area contributed by atoms with Crippen molar-refractivity contribution in [1.29, 1.82) is 0 Å². The highest BCUT2D eigenvalue weighted by Crippen LogP contribution is 2.32. The Labute approximate surface area is 139 Å². The average Bonchev–Trinajstić information content (AvgIpc) is 3.18. The van der Waals surface area contributed by atoms with Crippen LogP contribution >= 0.6 is 0 Å². The van der Waals surface area contributed by atoms with Gasteiger partial charge in [-0.2, -0.15) is 18.3 Å². The van der Waals surface area contributed by atoms with E-state index in [1.807, 2.05) is 0 Å². The number of nitrogens with zero attached hydrogens (tertiary/aromatic N) is 5. The number of hydrogen-bond donors (Lipinski definition) is 1. The number of aromatic nitrogens is 5. The van der Waals surface area contributed by atoms with E-state index < -0.39 is 29.8 Å². The van der Waals surface area contributed by atoms with E-state index >= 15 is 0 Å². The van der Waals surface area contributed by atoms with Crippen LogP contribution in [0.3, 0.4) is 0 Å². The summed E-state index contributed by atoms with van der Waals surface area (Å²) in [4.78, 5) is 7.26. The fraction of sp³-hybridized carbons (Fsp3) is 0.267. The van der Waals surface area contributed by atoms with E-state index in [-0.39, 0.29) is 12.1 Å². The Morgan fingerprint density at radius 1 is 1.00 bits per heavy atom. The van der Waals surface area contributed by atoms with Gasteiger partial charge in [0.1, 0.15) is 29.8 Å². The summed E-state index contributed by atoms with van der Waals surface area (Å²) < 4.78 is 54.5. The van der Waals surface area contributed by atoms with Crippen molar-refractivity contribution in [1.82, 2.24) is 24.3 Å². The van der Waals surface area contributed by atoms with Crippen LogP contribution in [0.1, 0.15) is 11.3 Å². The van der Waals surface area contributed by atoms with Crippen molar-refractivity contribution in [3.8, 4) is 0 Å². The molecule has 1 atom stereocenters. The lowest BCUT2D eigenvalue weighted by atomic mass is 9.93. The van der Waals surface area contributed by atoms with Crippen LogP contribution in [0.2, 0.25) is 0 Å². The maximum atomic E-state index is 13.2. The third kappa shape index (κ3) is 3.68. The predicted octanol–water partition coefficient (Wildman–Crippen LogP) is 2.22. The summed E-state index contributed by atoms with van der Waals surface area (Å²) in [7, 11) is 0. The van der Waals surface area contributed by atoms with Gasteiger partial charge in [0, 0.05) is 0 Å². The first kappa shape index (κ1) is 17.1. The first-order valence-electron chi connectivity index (χ1n) is 7.16. The topological polar surface area (TPSA) is 68.8 Å². The molecule has 0 aliphatic rings. The van der Waals surface area contributed by atoms with E-state index in [0.29, 0.717) is 6.20 Å². The molecule has 2 aromatic heterocycles. The minimum Gasteiger partial charge on any atom is -0.381 e. The number of benzene rings is 1. The van der Waals surface area contributed by atoms with Gasteiger partial charge in [-0.25, -0.2) is 19.0 Å². The molecule has 0 saturated carbocycles. The lowest BCUT2D eigenvalue weighted by molar-refractivity contribution is -0.145. The van der Waals surface area contributed by atoms with Gasteiger partial charge in [0.15, 0.2) is 0 Å². The summed E-state index contributed by atoms with van der Waals surface area (Å²) in [6.45, 7) is -0.624. The van der Waals surface area contributed by atoms with Gasteiger partial charge in [0.05, 0.1) is 25.6 Å². The summed E-state index contributed by atoms with van der Waals surface area (Å²) >= 11 is 0. The Balaban J connectivity index is 2.00. The highest BCUT2D eigenvalue weighted by Gasteiger charge is 2.38. The van der Waals surface area contributed by atoms with E-state index in [1.54, 1.807) is 0 Å². The molecular weight excluding hydrogens is 342 g/mol. The fourth-order valence-corrected chi connectivity index (χ4v) is 2.54. The fourth-order valence-electron chi connectivity index (χ4n) is 2.54. The lowest BCUT2D eigenvalue weighted by Gasteiger charge is -2.30. The van der Waals surface area contributed by atoms with Crippen LogP contribution in [0.15, 0.2) is 49.4 Å². The van der Waals surface area contributed by atoms with E-state index in [1.165, 1.54) is 29.5 Å². The molecule has 3 aromatic rings. The maximum absolute atomic E-state index is 13.2. The maximum Gasteiger partial charge on any atom is 0.432 e. The Morgan fingerprint density at radius 3 is 2.32 bits per heavy atom. The van der Waals surface area contributed by atoms with Crippen LogP contribution in [-0.4, -0.2) is 29.4 Å². The number of alkyl halides is 3. The molecule has 1 N–H and O–H groups in total. The smallest absolute Gasteiger partial charge is 0.381 e. The van der Waals surface area contributed by atoms with Crippen LogP contribution in [-0.2, 0) is 24.9 Å². The first-order chi connectivity index (χ1) is 11.8. The summed E-state index contributed by atoms with van der Waals surface area (Å²) in [5.74, 6) is -0.523. The summed E-state index contributed by atoms with van der Waals surface area (Å²) in [6.07, 6.45) is -0.386. The molecule has 1 aromatic carbocycles. The monoisotopic (exact) mass is 355 g/mol. The van der Waals surface area contributed by atoms with Gasteiger partial charge >= 0.3 is 6.18 Å². The van der Waals surface area contributed by atoms with Gasteiger partial charge in [0.2, 0.25) is 0 Å². The number of imidazole rings is 1. The second-order valence-corrected chi connectivity index (χ2v) is 5.54. The van der Waals surface area contributed by atoms with Gasteiger partial charge in [0.25, 0.3) is 0 Å². The van der Waals surface area contributed by atoms with Crippen molar-refractivity contribution < 1.29 is 22.7 Å². The SMILES string of the molecule is OC(Cn1cncn1)(Cn1cncc1C(F)(F)F)c1ccc(F)cc1. The summed E-state index contributed by atoms with van der Waals surface area (Å²) in [5, 5.41) is 14.9. The van der Waals surface area contributed by atoms with Crippen molar-refractivity contribution in [3.05, 3.63) is 66.5 Å². The largest absolute Gasteiger partial charge is 0.432 e. The normalized spacial score (nSPS) is 14.4. The summed E-state index contributed by atoms with van der Waals surface area (Å²) in [6, 6.07) is 4.88. The third-order valence-corrected chi connectivity index (χ3v) is 3.71. The second kappa shape index (κ2) is 6.28. The van der Waals surface area contributed by atoms with Crippen molar-refractivity contribution in [3.63, 3.8) is 0 Å². The second-order valence-electron chi connectivity index (χ2n) is 5.54. The minimum absolute atomic E-state index is 0.173. The molecule has 0 saturated heterocycles. The molecule has 132 valence electrons. The summed E-state index contributed by atoms with van der Waals surface area (Å²) in [5.41, 5.74) is -2.54. The molecule has 25 heavy (non-hydrogen) atoms. The van der Waals surface area contributed by atoms with Gasteiger partial charge in [-0.3, -0.25) is 0 Å². The molecule has 0 aliphatic carbocycles. The minimum atomic E-state index is -4.62. The highest BCUT2D eigenvalue weighted by atomic mass is 19.4. The van der Waals surface area contributed by atoms with E-state index in [0.717, 1.165) is 23.0 Å². The highest BCUT2D eigenvalue weighted by molar-refractivity contribution is 5.23. The van der Waals surface area contributed by atoms with Crippen LogP contribution in [0.25, 0.3) is 0 Å². The van der Waals surface area contributed by atoms with Crippen LogP contribution < -0.4 is 0 Å². The molecule has 0 aliphatic heterocycles. The predicted molar refractivity (Wildman–Crippen MR) is 77.5 cm³/mol. The molecule has 0 amide bonds. The van der Waals surface area contributed by atoms with Crippen molar-refractivity contribution in [2.24, 2.45) is 0 Å². The molecule has 1 unspecified atom stereocenters. The molecule has 0 radical (unpaired) electrons. The molecule has 0 bridgehead atoms. The zero-order valence-electron chi connectivity index (χ0n) is 12.7. The van der Waals surface area contributed by atoms with E-state index in [4.69, 9.17) is 0 Å². The molecule has 0 spiro atoms. The van der Waals surface area contributed by atoms with E-state index in [9.17, 15) is 22.7 Å². The quantitative estimate of drug-likeness (QED) is 0.713. The molecule has 2 heterocycles. The Kier molecular flexibility index (Phi) is 4.29. The lowest BCUT2D eigenvalue weighted by Crippen LogP contribution is -2.37. The number of rotatable bonds is 5. The van der Waals surface area contributed by atoms with Crippen LogP contribution in [0.5, 0.6) is 0 Å². The Bertz CT molecular complexity index is 828. The number of halogens is 4. The number of aliphatic hydroxyl groups is 1. The molecular formula is C15H13F4N5O. The standard InChI is InChI=1S/C15H13F4N5O/c16-12-3-1-11(2-4-12)14(25,7-24-10-21-8-22-24)6-23-9-20-5-13(23)15(17,18)19/h1-5,8-10,25H,6-7H2. The zero-order chi connectivity index (χ0) is 18.1. The molecule has 0 fully saturated rings. The number of hydrogen-bond acceptors (Lipinski definition) is 4. The van der Waals surface area contributed by atoms with Crippen LogP contribution in [0, 0.1) is 5.82 Å². The van der Waals surface area contributed by atoms with Crippen molar-refractivity contribution >= 4 is 0 Å². The van der Waals surface area contributed by atoms with E-state index in [2.05, 4.69) is 15.1 Å². The van der Waals surface area contributed by atoms with Crippen molar-refractivity contribution in [2.75, 3.05) is 0 Å². The van der Waals surface area contributed by atoms with Gasteiger partial charge in [-0.1, -0.05) is 12.1 Å². The average molecular weight is 355 g/mol. The van der Waals surface area contributed by atoms with Gasteiger partial charge < -0.3 is 9.67 Å². The zero-order valence-corrected chi connectivity index (χ0v) is 12.7. The third-order valence-electron chi connectivity index (χ3n) is 3.71. The molecule has 6 nitrogen and oxygen atoms in total. The molecule has 10 heteroatoms. The Hall–Kier alpha value is -2.75. The van der Waals surface area contributed by atoms with Crippen molar-refractivity contribution in [2.45, 2.75) is 24.9 Å². The Morgan fingerprint density at radius 2 is 1.72 bits per heavy atom. The van der Waals surface area contributed by atoms with Crippen LogP contribution in [0.4, 0.5) is 17.6 Å². The van der Waals surface area contributed by atoms with Gasteiger partial charge in [-0.15, -0.1) is 0 Å². The van der Waals surface area contributed by atoms with Gasteiger partial charge in [-0.05, 0) is 17.7 Å².